The summed E-state index contributed by atoms with van der Waals surface area (Å²) in [6, 6.07) is 0.291. The smallest absolute Gasteiger partial charge is 0.208 e. The number of carbonyl (C=O) groups is 2. The number of carbonyl (C=O) groups excluding carboxylic acids is 2. The van der Waals surface area contributed by atoms with Gasteiger partial charge < -0.3 is 25.4 Å². The van der Waals surface area contributed by atoms with Crippen molar-refractivity contribution in [2.75, 3.05) is 26.8 Å². The molecule has 3 heterocycles. The quantitative estimate of drug-likeness (QED) is 0.446. The lowest BCUT2D eigenvalue weighted by atomic mass is 9.82. The molecule has 3 aliphatic heterocycles. The molecular formula is C16H21N3O4. The molecule has 3 N–H and O–H groups in total. The monoisotopic (exact) mass is 319 g/mol. The van der Waals surface area contributed by atoms with Crippen molar-refractivity contribution in [1.29, 1.82) is 0 Å². The van der Waals surface area contributed by atoms with Crippen molar-refractivity contribution in [3.8, 4) is 0 Å². The van der Waals surface area contributed by atoms with E-state index in [1.54, 1.807) is 14.0 Å². The van der Waals surface area contributed by atoms with E-state index in [0.29, 0.717) is 35.6 Å². The lowest BCUT2D eigenvalue weighted by Crippen LogP contribution is -2.54. The first kappa shape index (κ1) is 14.9. The molecule has 1 aliphatic carbocycles. The van der Waals surface area contributed by atoms with Gasteiger partial charge in [0.1, 0.15) is 0 Å². The van der Waals surface area contributed by atoms with Crippen molar-refractivity contribution in [1.82, 2.24) is 15.5 Å². The number of Topliss-reactive ketones (excluding diaryl/α,β-unsaturated/α-hetero) is 2. The molecule has 2 saturated heterocycles. The average Bonchev–Trinajstić information content (AvgIpc) is 3.15. The molecule has 4 unspecified atom stereocenters. The van der Waals surface area contributed by atoms with E-state index in [0.717, 1.165) is 0 Å². The average molecular weight is 319 g/mol. The minimum atomic E-state index is -0.836. The van der Waals surface area contributed by atoms with Crippen molar-refractivity contribution in [3.05, 3.63) is 22.5 Å². The summed E-state index contributed by atoms with van der Waals surface area (Å²) in [6.07, 6.45) is 0. The molecule has 2 fully saturated rings. The van der Waals surface area contributed by atoms with E-state index in [4.69, 9.17) is 4.74 Å². The number of aliphatic hydroxyl groups is 1. The van der Waals surface area contributed by atoms with Gasteiger partial charge in [-0.25, -0.2) is 0 Å². The SMILES string of the molecule is CCNC1=C(C)C(=O)C2=C(C1=O)C(CO)C1(OC)C3NC3CN21. The van der Waals surface area contributed by atoms with Crippen LogP contribution in [0.3, 0.4) is 0 Å². The molecule has 4 rings (SSSR count). The van der Waals surface area contributed by atoms with Crippen molar-refractivity contribution in [3.63, 3.8) is 0 Å². The first-order valence-electron chi connectivity index (χ1n) is 8.00. The highest BCUT2D eigenvalue weighted by Crippen LogP contribution is 2.55. The van der Waals surface area contributed by atoms with Gasteiger partial charge in [0, 0.05) is 37.4 Å². The number of methoxy groups -OCH3 is 1. The molecule has 7 nitrogen and oxygen atoms in total. The summed E-state index contributed by atoms with van der Waals surface area (Å²) in [5.74, 6) is -0.860. The van der Waals surface area contributed by atoms with Crippen LogP contribution in [0.4, 0.5) is 0 Å². The number of hydrogen-bond donors (Lipinski definition) is 3. The fourth-order valence-electron chi connectivity index (χ4n) is 4.53. The lowest BCUT2D eigenvalue weighted by Gasteiger charge is -2.39. The fraction of sp³-hybridized carbons (Fsp3) is 0.625. The van der Waals surface area contributed by atoms with Gasteiger partial charge in [-0.2, -0.15) is 0 Å². The van der Waals surface area contributed by atoms with Crippen molar-refractivity contribution in [2.24, 2.45) is 5.92 Å². The van der Waals surface area contributed by atoms with Crippen LogP contribution in [0, 0.1) is 5.92 Å². The summed E-state index contributed by atoms with van der Waals surface area (Å²) in [5.41, 5.74) is 0.768. The van der Waals surface area contributed by atoms with Crippen LogP contribution in [0.15, 0.2) is 22.5 Å². The van der Waals surface area contributed by atoms with E-state index in [9.17, 15) is 14.7 Å². The maximum atomic E-state index is 13.0. The van der Waals surface area contributed by atoms with Gasteiger partial charge in [-0.15, -0.1) is 0 Å². The number of nitrogens with zero attached hydrogens (tertiary/aromatic N) is 1. The Morgan fingerprint density at radius 1 is 1.43 bits per heavy atom. The summed E-state index contributed by atoms with van der Waals surface area (Å²) < 4.78 is 5.82. The highest BCUT2D eigenvalue weighted by Gasteiger charge is 2.72. The van der Waals surface area contributed by atoms with E-state index < -0.39 is 11.6 Å². The Morgan fingerprint density at radius 2 is 2.17 bits per heavy atom. The first-order valence-corrected chi connectivity index (χ1v) is 8.00. The normalized spacial score (nSPS) is 38.1. The van der Waals surface area contributed by atoms with E-state index in [-0.39, 0.29) is 30.3 Å². The summed E-state index contributed by atoms with van der Waals surface area (Å²) in [4.78, 5) is 27.8. The largest absolute Gasteiger partial charge is 0.396 e. The molecule has 4 atom stereocenters. The van der Waals surface area contributed by atoms with Crippen LogP contribution in [0.2, 0.25) is 0 Å². The van der Waals surface area contributed by atoms with Crippen LogP contribution < -0.4 is 10.6 Å². The molecule has 0 aromatic heterocycles. The number of ether oxygens (including phenoxy) is 1. The molecule has 0 spiro atoms. The molecular weight excluding hydrogens is 298 g/mol. The van der Waals surface area contributed by atoms with Gasteiger partial charge in [0.25, 0.3) is 0 Å². The highest BCUT2D eigenvalue weighted by atomic mass is 16.5. The summed E-state index contributed by atoms with van der Waals surface area (Å²) in [6.45, 7) is 4.51. The minimum Gasteiger partial charge on any atom is -0.396 e. The zero-order valence-corrected chi connectivity index (χ0v) is 13.5. The Bertz CT molecular complexity index is 683. The second-order valence-electron chi connectivity index (χ2n) is 6.50. The molecule has 0 saturated carbocycles. The number of piperazine rings is 1. The maximum Gasteiger partial charge on any atom is 0.208 e. The lowest BCUT2D eigenvalue weighted by molar-refractivity contribution is -0.137. The number of likely N-dealkylation sites (N-methyl/N-ethyl adjacent to an activating group) is 1. The molecule has 7 heteroatoms. The third-order valence-electron chi connectivity index (χ3n) is 5.57. The summed E-state index contributed by atoms with van der Waals surface area (Å²) in [7, 11) is 1.58. The number of nitrogens with one attached hydrogen (secondary N) is 2. The van der Waals surface area contributed by atoms with Crippen LogP contribution in [-0.2, 0) is 14.3 Å². The standard InChI is InChI=1S/C16H21N3O4/c1-4-17-11-7(2)13(21)12-10(14(11)22)8(6-20)16(23-3)15-9(18-15)5-19(12)16/h8-9,15,17-18,20H,4-6H2,1-3H3. The molecule has 0 radical (unpaired) electrons. The van der Waals surface area contributed by atoms with Gasteiger partial charge in [0.15, 0.2) is 5.72 Å². The zero-order valence-electron chi connectivity index (χ0n) is 13.5. The van der Waals surface area contributed by atoms with Gasteiger partial charge in [-0.05, 0) is 13.8 Å². The van der Waals surface area contributed by atoms with Gasteiger partial charge in [-0.1, -0.05) is 0 Å². The first-order chi connectivity index (χ1) is 11.0. The van der Waals surface area contributed by atoms with Crippen molar-refractivity contribution in [2.45, 2.75) is 31.7 Å². The Labute approximate surface area is 134 Å². The Hall–Kier alpha value is -1.70. The van der Waals surface area contributed by atoms with Gasteiger partial charge in [-0.3, -0.25) is 9.59 Å². The number of allylic oxidation sites excluding steroid dienone is 2. The van der Waals surface area contributed by atoms with Gasteiger partial charge in [0.05, 0.1) is 30.0 Å². The minimum absolute atomic E-state index is 0.0405. The number of hydrogen-bond acceptors (Lipinski definition) is 7. The maximum absolute atomic E-state index is 13.0. The van der Waals surface area contributed by atoms with E-state index in [2.05, 4.69) is 10.6 Å². The molecule has 0 aromatic carbocycles. The van der Waals surface area contributed by atoms with Crippen LogP contribution in [-0.4, -0.2) is 66.2 Å². The summed E-state index contributed by atoms with van der Waals surface area (Å²) >= 11 is 0. The van der Waals surface area contributed by atoms with Crippen LogP contribution in [0.5, 0.6) is 0 Å². The molecule has 124 valence electrons. The van der Waals surface area contributed by atoms with Crippen LogP contribution in [0.1, 0.15) is 13.8 Å². The molecule has 23 heavy (non-hydrogen) atoms. The third kappa shape index (κ3) is 1.55. The van der Waals surface area contributed by atoms with Crippen molar-refractivity contribution < 1.29 is 19.4 Å². The fourth-order valence-corrected chi connectivity index (χ4v) is 4.53. The number of fused-ring (bicyclic) bond motifs is 4. The Morgan fingerprint density at radius 3 is 2.78 bits per heavy atom. The van der Waals surface area contributed by atoms with Crippen LogP contribution in [0.25, 0.3) is 0 Å². The van der Waals surface area contributed by atoms with E-state index in [1.807, 2.05) is 11.8 Å². The Kier molecular flexibility index (Phi) is 3.01. The van der Waals surface area contributed by atoms with Gasteiger partial charge in [0.2, 0.25) is 11.6 Å². The number of ketones is 2. The second kappa shape index (κ2) is 4.66. The predicted octanol–water partition coefficient (Wildman–Crippen LogP) is -1.10. The third-order valence-corrected chi connectivity index (χ3v) is 5.57. The number of rotatable bonds is 4. The molecule has 0 aromatic rings. The number of aliphatic hydroxyl groups excluding tert-OH is 1. The van der Waals surface area contributed by atoms with Gasteiger partial charge >= 0.3 is 0 Å². The molecule has 0 amide bonds. The predicted molar refractivity (Wildman–Crippen MR) is 81.2 cm³/mol. The topological polar surface area (TPSA) is 101 Å². The highest BCUT2D eigenvalue weighted by molar-refractivity contribution is 6.25. The van der Waals surface area contributed by atoms with Crippen molar-refractivity contribution >= 4 is 11.6 Å². The molecule has 4 aliphatic rings. The second-order valence-corrected chi connectivity index (χ2v) is 6.50. The van der Waals surface area contributed by atoms with E-state index in [1.165, 1.54) is 0 Å². The Balaban J connectivity index is 1.86. The van der Waals surface area contributed by atoms with E-state index >= 15 is 0 Å². The molecule has 0 bridgehead atoms. The van der Waals surface area contributed by atoms with Crippen LogP contribution >= 0.6 is 0 Å². The summed E-state index contributed by atoms with van der Waals surface area (Å²) in [5, 5.41) is 16.3. The zero-order chi connectivity index (χ0) is 16.5.